The topological polar surface area (TPSA) is 37.8 Å². The van der Waals surface area contributed by atoms with Crippen LogP contribution in [-0.4, -0.2) is 16.7 Å². The van der Waals surface area contributed by atoms with Gasteiger partial charge >= 0.3 is 0 Å². The Morgan fingerprint density at radius 1 is 1.28 bits per heavy atom. The molecule has 0 amide bonds. The molecule has 0 fully saturated rings. The molecule has 2 aromatic heterocycles. The van der Waals surface area contributed by atoms with Gasteiger partial charge in [-0.2, -0.15) is 0 Å². The van der Waals surface area contributed by atoms with Gasteiger partial charge in [-0.15, -0.1) is 21.5 Å². The minimum absolute atomic E-state index is 0.312. The molecule has 98 valence electrons. The normalized spacial score (nSPS) is 12.8. The van der Waals surface area contributed by atoms with Crippen LogP contribution >= 0.6 is 34.3 Å². The summed E-state index contributed by atoms with van der Waals surface area (Å²) in [7, 11) is 0. The molecule has 3 nitrogen and oxygen atoms in total. The second-order valence-electron chi connectivity index (χ2n) is 3.96. The van der Waals surface area contributed by atoms with Gasteiger partial charge in [0, 0.05) is 0 Å². The maximum atomic E-state index is 5.94. The van der Waals surface area contributed by atoms with Crippen LogP contribution in [0.3, 0.4) is 0 Å². The number of thiophene rings is 1. The van der Waals surface area contributed by atoms with E-state index in [0.29, 0.717) is 6.04 Å². The van der Waals surface area contributed by atoms with E-state index < -0.39 is 0 Å². The molecule has 0 aliphatic heterocycles. The first-order valence-corrected chi connectivity index (χ1v) is 8.08. The van der Waals surface area contributed by atoms with Gasteiger partial charge in [0.1, 0.15) is 5.01 Å². The summed E-state index contributed by atoms with van der Waals surface area (Å²) >= 11 is 9.13. The van der Waals surface area contributed by atoms with Crippen LogP contribution in [0.5, 0.6) is 0 Å². The van der Waals surface area contributed by atoms with Crippen molar-refractivity contribution in [1.29, 1.82) is 0 Å². The second kappa shape index (κ2) is 6.61. The minimum Gasteiger partial charge on any atom is -0.308 e. The lowest BCUT2D eigenvalue weighted by atomic mass is 10.2. The fraction of sp³-hybridized carbons (Fsp3) is 0.500. The SMILES string of the molecule is CCCNC(CC)c1nnc(-c2ccc(Cl)s2)s1. The third-order valence-electron chi connectivity index (χ3n) is 2.57. The third kappa shape index (κ3) is 3.29. The zero-order valence-electron chi connectivity index (χ0n) is 10.4. The molecule has 6 heteroatoms. The summed E-state index contributed by atoms with van der Waals surface area (Å²) in [5, 5.41) is 14.1. The molecule has 0 aromatic carbocycles. The smallest absolute Gasteiger partial charge is 0.157 e. The average molecular weight is 302 g/mol. The lowest BCUT2D eigenvalue weighted by Crippen LogP contribution is -2.21. The molecule has 2 heterocycles. The summed E-state index contributed by atoms with van der Waals surface area (Å²) in [4.78, 5) is 1.09. The van der Waals surface area contributed by atoms with Crippen molar-refractivity contribution in [3.63, 3.8) is 0 Å². The Morgan fingerprint density at radius 2 is 2.11 bits per heavy atom. The number of hydrogen-bond donors (Lipinski definition) is 1. The molecule has 1 unspecified atom stereocenters. The van der Waals surface area contributed by atoms with Crippen molar-refractivity contribution < 1.29 is 0 Å². The first kappa shape index (κ1) is 13.9. The van der Waals surface area contributed by atoms with E-state index in [1.165, 1.54) is 0 Å². The fourth-order valence-corrected chi connectivity index (χ4v) is 3.72. The number of aromatic nitrogens is 2. The number of rotatable bonds is 6. The average Bonchev–Trinajstić information content (AvgIpc) is 2.99. The van der Waals surface area contributed by atoms with E-state index in [-0.39, 0.29) is 0 Å². The van der Waals surface area contributed by atoms with Gasteiger partial charge in [-0.05, 0) is 31.5 Å². The summed E-state index contributed by atoms with van der Waals surface area (Å²) in [6.45, 7) is 5.34. The Morgan fingerprint density at radius 3 is 2.72 bits per heavy atom. The van der Waals surface area contributed by atoms with Gasteiger partial charge in [-0.1, -0.05) is 36.8 Å². The van der Waals surface area contributed by atoms with E-state index in [4.69, 9.17) is 11.6 Å². The van der Waals surface area contributed by atoms with Gasteiger partial charge in [0.05, 0.1) is 15.3 Å². The first-order valence-electron chi connectivity index (χ1n) is 6.07. The molecule has 0 aliphatic carbocycles. The summed E-state index contributed by atoms with van der Waals surface area (Å²) in [5.41, 5.74) is 0. The zero-order valence-corrected chi connectivity index (χ0v) is 12.8. The van der Waals surface area contributed by atoms with Crippen LogP contribution in [0.4, 0.5) is 0 Å². The summed E-state index contributed by atoms with van der Waals surface area (Å²) in [5.74, 6) is 0. The largest absolute Gasteiger partial charge is 0.308 e. The van der Waals surface area contributed by atoms with Crippen LogP contribution in [0.1, 0.15) is 37.7 Å². The highest BCUT2D eigenvalue weighted by molar-refractivity contribution is 7.23. The molecule has 1 atom stereocenters. The highest BCUT2D eigenvalue weighted by Gasteiger charge is 2.15. The zero-order chi connectivity index (χ0) is 13.0. The molecular formula is C12H16ClN3S2. The number of halogens is 1. The van der Waals surface area contributed by atoms with Crippen molar-refractivity contribution in [2.45, 2.75) is 32.7 Å². The Labute approximate surface area is 120 Å². The summed E-state index contributed by atoms with van der Waals surface area (Å²) < 4.78 is 0.790. The van der Waals surface area contributed by atoms with E-state index in [1.807, 2.05) is 12.1 Å². The molecule has 0 saturated heterocycles. The highest BCUT2D eigenvalue weighted by atomic mass is 35.5. The van der Waals surface area contributed by atoms with E-state index in [9.17, 15) is 0 Å². The van der Waals surface area contributed by atoms with Gasteiger partial charge in [0.15, 0.2) is 5.01 Å². The predicted molar refractivity (Wildman–Crippen MR) is 79.6 cm³/mol. The van der Waals surface area contributed by atoms with Crippen LogP contribution in [0.2, 0.25) is 4.34 Å². The van der Waals surface area contributed by atoms with E-state index in [1.54, 1.807) is 22.7 Å². The maximum Gasteiger partial charge on any atom is 0.157 e. The van der Waals surface area contributed by atoms with Gasteiger partial charge in [0.25, 0.3) is 0 Å². The predicted octanol–water partition coefficient (Wildman–Crippen LogP) is 4.37. The third-order valence-corrected chi connectivity index (χ3v) is 5.01. The van der Waals surface area contributed by atoms with Crippen molar-refractivity contribution in [3.8, 4) is 9.88 Å². The molecule has 0 radical (unpaired) electrons. The van der Waals surface area contributed by atoms with Crippen LogP contribution in [0, 0.1) is 0 Å². The number of nitrogens with zero attached hydrogens (tertiary/aromatic N) is 2. The van der Waals surface area contributed by atoms with Crippen LogP contribution in [-0.2, 0) is 0 Å². The number of hydrogen-bond acceptors (Lipinski definition) is 5. The lowest BCUT2D eigenvalue weighted by Gasteiger charge is -2.12. The van der Waals surface area contributed by atoms with Gasteiger partial charge in [0.2, 0.25) is 0 Å². The molecule has 2 aromatic rings. The van der Waals surface area contributed by atoms with E-state index in [2.05, 4.69) is 29.4 Å². The first-order chi connectivity index (χ1) is 8.74. The van der Waals surface area contributed by atoms with Crippen molar-refractivity contribution in [3.05, 3.63) is 21.5 Å². The lowest BCUT2D eigenvalue weighted by molar-refractivity contribution is 0.513. The fourth-order valence-electron chi connectivity index (χ4n) is 1.63. The van der Waals surface area contributed by atoms with E-state index in [0.717, 1.165) is 38.6 Å². The molecule has 0 aliphatic rings. The van der Waals surface area contributed by atoms with Crippen molar-refractivity contribution in [1.82, 2.24) is 15.5 Å². The van der Waals surface area contributed by atoms with Crippen molar-refractivity contribution >= 4 is 34.3 Å². The quantitative estimate of drug-likeness (QED) is 0.861. The maximum absolute atomic E-state index is 5.94. The molecule has 0 spiro atoms. The van der Waals surface area contributed by atoms with Gasteiger partial charge in [-0.3, -0.25) is 0 Å². The van der Waals surface area contributed by atoms with Crippen molar-refractivity contribution in [2.75, 3.05) is 6.54 Å². The molecule has 1 N–H and O–H groups in total. The Kier molecular flexibility index (Phi) is 5.12. The second-order valence-corrected chi connectivity index (χ2v) is 6.69. The van der Waals surface area contributed by atoms with Crippen LogP contribution in [0.15, 0.2) is 12.1 Å². The molecule has 0 bridgehead atoms. The number of nitrogens with one attached hydrogen (secondary N) is 1. The summed E-state index contributed by atoms with van der Waals surface area (Å²) in [6.07, 6.45) is 2.16. The van der Waals surface area contributed by atoms with Crippen LogP contribution in [0.25, 0.3) is 9.88 Å². The molecule has 18 heavy (non-hydrogen) atoms. The standard InChI is InChI=1S/C12H16ClN3S2/c1-3-7-14-8(4-2)11-15-16-12(18-11)9-5-6-10(13)17-9/h5-6,8,14H,3-4,7H2,1-2H3. The summed E-state index contributed by atoms with van der Waals surface area (Å²) in [6, 6.07) is 4.21. The van der Waals surface area contributed by atoms with Gasteiger partial charge < -0.3 is 5.32 Å². The molecular weight excluding hydrogens is 286 g/mol. The van der Waals surface area contributed by atoms with Gasteiger partial charge in [-0.25, -0.2) is 0 Å². The Bertz CT molecular complexity index is 495. The Hall–Kier alpha value is -0.490. The molecule has 0 saturated carbocycles. The minimum atomic E-state index is 0.312. The van der Waals surface area contributed by atoms with Crippen LogP contribution < -0.4 is 5.32 Å². The Balaban J connectivity index is 2.13. The van der Waals surface area contributed by atoms with Crippen molar-refractivity contribution in [2.24, 2.45) is 0 Å². The monoisotopic (exact) mass is 301 g/mol. The molecule has 2 rings (SSSR count). The van der Waals surface area contributed by atoms with E-state index >= 15 is 0 Å². The highest BCUT2D eigenvalue weighted by Crippen LogP contribution is 2.34.